The lowest BCUT2D eigenvalue weighted by Gasteiger charge is -2.59. The minimum absolute atomic E-state index is 0.107. The zero-order valence-electron chi connectivity index (χ0n) is 15.9. The van der Waals surface area contributed by atoms with Gasteiger partial charge in [0.15, 0.2) is 0 Å². The molecule has 0 radical (unpaired) electrons. The van der Waals surface area contributed by atoms with Crippen molar-refractivity contribution in [3.63, 3.8) is 0 Å². The van der Waals surface area contributed by atoms with Gasteiger partial charge in [-0.15, -0.1) is 0 Å². The Labute approximate surface area is 155 Å². The van der Waals surface area contributed by atoms with Crippen LogP contribution in [0.4, 0.5) is 4.79 Å². The molecular weight excluding hydrogens is 330 g/mol. The van der Waals surface area contributed by atoms with Crippen molar-refractivity contribution in [3.8, 4) is 0 Å². The fraction of sp³-hybridized carbons (Fsp3) is 0.850. The van der Waals surface area contributed by atoms with Gasteiger partial charge in [0, 0.05) is 6.04 Å². The van der Waals surface area contributed by atoms with Crippen LogP contribution in [-0.2, 0) is 9.59 Å². The van der Waals surface area contributed by atoms with Crippen molar-refractivity contribution in [1.82, 2.24) is 15.5 Å². The molecule has 26 heavy (non-hydrogen) atoms. The van der Waals surface area contributed by atoms with Gasteiger partial charge in [0.05, 0.1) is 0 Å². The summed E-state index contributed by atoms with van der Waals surface area (Å²) >= 11 is 0. The van der Waals surface area contributed by atoms with Crippen LogP contribution in [0, 0.1) is 23.2 Å². The molecule has 0 spiro atoms. The summed E-state index contributed by atoms with van der Waals surface area (Å²) in [4.78, 5) is 38.0. The number of rotatable bonds is 6. The van der Waals surface area contributed by atoms with E-state index in [-0.39, 0.29) is 29.8 Å². The molecular formula is C20H31N3O3. The first-order valence-electron chi connectivity index (χ1n) is 10.3. The second-order valence-electron chi connectivity index (χ2n) is 9.28. The molecule has 0 aromatic carbocycles. The van der Waals surface area contributed by atoms with E-state index in [2.05, 4.69) is 17.6 Å². The molecule has 0 unspecified atom stereocenters. The van der Waals surface area contributed by atoms with E-state index in [4.69, 9.17) is 0 Å². The van der Waals surface area contributed by atoms with Gasteiger partial charge < -0.3 is 10.6 Å². The third-order valence-corrected chi connectivity index (χ3v) is 7.37. The second kappa shape index (κ2) is 6.54. The van der Waals surface area contributed by atoms with Crippen LogP contribution in [-0.4, -0.2) is 41.4 Å². The number of amides is 4. The summed E-state index contributed by atoms with van der Waals surface area (Å²) in [5.74, 6) is 2.02. The lowest BCUT2D eigenvalue weighted by Crippen LogP contribution is -2.57. The Kier molecular flexibility index (Phi) is 4.48. The van der Waals surface area contributed by atoms with Gasteiger partial charge in [-0.05, 0) is 75.0 Å². The first kappa shape index (κ1) is 17.8. The monoisotopic (exact) mass is 361 g/mol. The van der Waals surface area contributed by atoms with Crippen LogP contribution in [0.2, 0.25) is 0 Å². The Morgan fingerprint density at radius 3 is 2.31 bits per heavy atom. The average Bonchev–Trinajstić information content (AvgIpc) is 2.81. The Morgan fingerprint density at radius 1 is 1.19 bits per heavy atom. The van der Waals surface area contributed by atoms with E-state index in [1.165, 1.54) is 38.5 Å². The maximum absolute atomic E-state index is 12.6. The van der Waals surface area contributed by atoms with Crippen molar-refractivity contribution in [2.24, 2.45) is 23.2 Å². The van der Waals surface area contributed by atoms with Crippen molar-refractivity contribution in [2.75, 3.05) is 6.54 Å². The van der Waals surface area contributed by atoms with Crippen molar-refractivity contribution in [2.45, 2.75) is 77.3 Å². The van der Waals surface area contributed by atoms with Crippen LogP contribution in [0.25, 0.3) is 0 Å². The van der Waals surface area contributed by atoms with E-state index in [1.807, 2.05) is 6.92 Å². The molecule has 2 atom stereocenters. The van der Waals surface area contributed by atoms with Gasteiger partial charge in [-0.1, -0.05) is 13.3 Å². The molecule has 2 N–H and O–H groups in total. The fourth-order valence-electron chi connectivity index (χ4n) is 6.50. The SMILES string of the molecule is CCC[C@H]1NC(=O)N(CC(=O)N[C@H](C)C23CC4CC(CC(C4)C2)C3)C1=O. The van der Waals surface area contributed by atoms with Crippen LogP contribution >= 0.6 is 0 Å². The number of hydrogen-bond acceptors (Lipinski definition) is 3. The molecule has 4 bridgehead atoms. The lowest BCUT2D eigenvalue weighted by atomic mass is 9.48. The van der Waals surface area contributed by atoms with Crippen LogP contribution in [0.3, 0.4) is 0 Å². The zero-order valence-corrected chi connectivity index (χ0v) is 15.9. The van der Waals surface area contributed by atoms with Crippen LogP contribution in [0.1, 0.15) is 65.2 Å². The summed E-state index contributed by atoms with van der Waals surface area (Å²) in [6.07, 6.45) is 9.24. The van der Waals surface area contributed by atoms with E-state index < -0.39 is 12.1 Å². The van der Waals surface area contributed by atoms with Gasteiger partial charge in [-0.2, -0.15) is 0 Å². The van der Waals surface area contributed by atoms with Crippen LogP contribution < -0.4 is 10.6 Å². The number of urea groups is 1. The van der Waals surface area contributed by atoms with Gasteiger partial charge in [0.2, 0.25) is 5.91 Å². The van der Waals surface area contributed by atoms with Crippen molar-refractivity contribution >= 4 is 17.8 Å². The molecule has 0 aromatic rings. The third-order valence-electron chi connectivity index (χ3n) is 7.37. The zero-order chi connectivity index (χ0) is 18.5. The summed E-state index contributed by atoms with van der Waals surface area (Å²) < 4.78 is 0. The molecule has 1 heterocycles. The Hall–Kier alpha value is -1.59. The summed E-state index contributed by atoms with van der Waals surface area (Å²) in [5, 5.41) is 5.82. The molecule has 5 fully saturated rings. The molecule has 4 saturated carbocycles. The van der Waals surface area contributed by atoms with Crippen molar-refractivity contribution in [1.29, 1.82) is 0 Å². The normalized spacial score (nSPS) is 39.2. The number of hydrogen-bond donors (Lipinski definition) is 2. The van der Waals surface area contributed by atoms with E-state index in [0.29, 0.717) is 6.42 Å². The molecule has 4 aliphatic carbocycles. The highest BCUT2D eigenvalue weighted by Gasteiger charge is 2.53. The minimum atomic E-state index is -0.471. The topological polar surface area (TPSA) is 78.5 Å². The van der Waals surface area contributed by atoms with Crippen molar-refractivity contribution in [3.05, 3.63) is 0 Å². The predicted octanol–water partition coefficient (Wildman–Crippen LogP) is 2.43. The smallest absolute Gasteiger partial charge is 0.325 e. The van der Waals surface area contributed by atoms with E-state index in [9.17, 15) is 14.4 Å². The van der Waals surface area contributed by atoms with E-state index >= 15 is 0 Å². The van der Waals surface area contributed by atoms with E-state index in [1.54, 1.807) is 0 Å². The van der Waals surface area contributed by atoms with Crippen LogP contribution in [0.15, 0.2) is 0 Å². The largest absolute Gasteiger partial charge is 0.352 e. The molecule has 6 nitrogen and oxygen atoms in total. The molecule has 0 aromatic heterocycles. The highest BCUT2D eigenvalue weighted by atomic mass is 16.2. The first-order valence-corrected chi connectivity index (χ1v) is 10.3. The maximum atomic E-state index is 12.6. The first-order chi connectivity index (χ1) is 12.4. The number of nitrogens with zero attached hydrogens (tertiary/aromatic N) is 1. The number of imide groups is 1. The highest BCUT2D eigenvalue weighted by molar-refractivity contribution is 6.06. The molecule has 4 amide bonds. The van der Waals surface area contributed by atoms with Crippen LogP contribution in [0.5, 0.6) is 0 Å². The molecule has 6 heteroatoms. The minimum Gasteiger partial charge on any atom is -0.352 e. The molecule has 144 valence electrons. The molecule has 5 aliphatic rings. The maximum Gasteiger partial charge on any atom is 0.325 e. The number of carbonyl (C=O) groups excluding carboxylic acids is 3. The fourth-order valence-corrected chi connectivity index (χ4v) is 6.50. The lowest BCUT2D eigenvalue weighted by molar-refractivity contribution is -0.134. The Bertz CT molecular complexity index is 582. The average molecular weight is 361 g/mol. The number of nitrogens with one attached hydrogen (secondary N) is 2. The standard InChI is InChI=1S/C20H31N3O3/c1-3-4-16-18(25)23(19(26)22-16)11-17(24)21-12(2)20-8-13-5-14(9-20)7-15(6-13)10-20/h12-16H,3-11H2,1-2H3,(H,21,24)(H,22,26)/t12-,13?,14?,15?,16-,20?/m1/s1. The number of carbonyl (C=O) groups is 3. The van der Waals surface area contributed by atoms with Gasteiger partial charge in [0.25, 0.3) is 5.91 Å². The molecule has 1 aliphatic heterocycles. The summed E-state index contributed by atoms with van der Waals surface area (Å²) in [5.41, 5.74) is 0.229. The summed E-state index contributed by atoms with van der Waals surface area (Å²) in [7, 11) is 0. The van der Waals surface area contributed by atoms with Gasteiger partial charge in [-0.25, -0.2) is 4.79 Å². The van der Waals surface area contributed by atoms with E-state index in [0.717, 1.165) is 29.1 Å². The summed E-state index contributed by atoms with van der Waals surface area (Å²) in [6, 6.07) is -0.803. The highest BCUT2D eigenvalue weighted by Crippen LogP contribution is 2.61. The summed E-state index contributed by atoms with van der Waals surface area (Å²) in [6.45, 7) is 3.93. The molecule has 5 rings (SSSR count). The van der Waals surface area contributed by atoms with Gasteiger partial charge in [-0.3, -0.25) is 14.5 Å². The van der Waals surface area contributed by atoms with Crippen molar-refractivity contribution < 1.29 is 14.4 Å². The Balaban J connectivity index is 1.36. The quantitative estimate of drug-likeness (QED) is 0.713. The molecule has 1 saturated heterocycles. The second-order valence-corrected chi connectivity index (χ2v) is 9.28. The van der Waals surface area contributed by atoms with Gasteiger partial charge >= 0.3 is 6.03 Å². The predicted molar refractivity (Wildman–Crippen MR) is 97.2 cm³/mol. The van der Waals surface area contributed by atoms with Gasteiger partial charge in [0.1, 0.15) is 12.6 Å². The Morgan fingerprint density at radius 2 is 1.77 bits per heavy atom. The third kappa shape index (κ3) is 3.01.